The highest BCUT2D eigenvalue weighted by Crippen LogP contribution is 2.36. The third-order valence-corrected chi connectivity index (χ3v) is 3.31. The molecule has 0 radical (unpaired) electrons. The molecule has 0 amide bonds. The topological polar surface area (TPSA) is 43.4 Å². The van der Waals surface area contributed by atoms with Gasteiger partial charge in [0.25, 0.3) is 0 Å². The zero-order chi connectivity index (χ0) is 18.3. The van der Waals surface area contributed by atoms with Crippen LogP contribution >= 0.6 is 0 Å². The van der Waals surface area contributed by atoms with E-state index in [-0.39, 0.29) is 18.2 Å². The molecule has 0 bridgehead atoms. The number of benzene rings is 1. The second-order valence-electron chi connectivity index (χ2n) is 4.08. The molecule has 1 aromatic rings. The fourth-order valence-electron chi connectivity index (χ4n) is 1.32. The van der Waals surface area contributed by atoms with Crippen molar-refractivity contribution in [2.45, 2.75) is 24.5 Å². The predicted octanol–water partition coefficient (Wildman–Crippen LogP) is 4.09. The molecule has 0 spiro atoms. The molecule has 0 atom stereocenters. The molecule has 0 saturated carbocycles. The fraction of sp³-hybridized carbons (Fsp3) is 0.400. The number of halogens is 9. The molecule has 0 aromatic heterocycles. The van der Waals surface area contributed by atoms with Gasteiger partial charge in [-0.1, -0.05) is 0 Å². The van der Waals surface area contributed by atoms with Crippen molar-refractivity contribution in [3.63, 3.8) is 0 Å². The lowest BCUT2D eigenvalue weighted by atomic mass is 10.1. The quantitative estimate of drug-likeness (QED) is 0.454. The van der Waals surface area contributed by atoms with Crippen LogP contribution in [-0.2, 0) is 33.3 Å². The number of alkyl halides is 9. The van der Waals surface area contributed by atoms with Crippen LogP contribution in [-0.4, -0.2) is 13.9 Å². The van der Waals surface area contributed by atoms with Crippen molar-refractivity contribution in [3.8, 4) is 0 Å². The summed E-state index contributed by atoms with van der Waals surface area (Å²) in [5.41, 5.74) is -10.5. The Bertz CT molecular complexity index is 638. The Balaban J connectivity index is 3.22. The maximum atomic E-state index is 12.5. The smallest absolute Gasteiger partial charge is 0.258 e. The van der Waals surface area contributed by atoms with Crippen LogP contribution in [0.4, 0.5) is 39.5 Å². The molecule has 0 fully saturated rings. The van der Waals surface area contributed by atoms with E-state index in [4.69, 9.17) is 0 Å². The van der Waals surface area contributed by atoms with Crippen molar-refractivity contribution in [2.75, 3.05) is 0 Å². The van der Waals surface area contributed by atoms with E-state index in [1.54, 1.807) is 0 Å². The molecule has 1 rings (SSSR count). The van der Waals surface area contributed by atoms with Crippen LogP contribution in [0.2, 0.25) is 0 Å². The van der Waals surface area contributed by atoms with Crippen LogP contribution in [0.3, 0.4) is 0 Å². The van der Waals surface area contributed by atoms with Gasteiger partial charge in [0.1, 0.15) is 0 Å². The van der Waals surface area contributed by atoms with Gasteiger partial charge in [0, 0.05) is 0 Å². The van der Waals surface area contributed by atoms with Crippen LogP contribution in [0.5, 0.6) is 0 Å². The van der Waals surface area contributed by atoms with Crippen LogP contribution in [0.15, 0.2) is 18.2 Å². The number of hydrogen-bond acceptors (Lipinski definition) is 3. The van der Waals surface area contributed by atoms with E-state index in [1.165, 1.54) is 0 Å². The Morgan fingerprint density at radius 1 is 0.783 bits per heavy atom. The van der Waals surface area contributed by atoms with Crippen molar-refractivity contribution in [2.24, 2.45) is 0 Å². The first-order chi connectivity index (χ1) is 10.0. The Morgan fingerprint density at radius 3 is 1.48 bits per heavy atom. The summed E-state index contributed by atoms with van der Waals surface area (Å²) in [5, 5.41) is 0. The molecule has 23 heavy (non-hydrogen) atoms. The van der Waals surface area contributed by atoms with Gasteiger partial charge < -0.3 is 0 Å². The normalized spacial score (nSPS) is 14.1. The van der Waals surface area contributed by atoms with Crippen molar-refractivity contribution in [3.05, 3.63) is 34.9 Å². The molecule has 13 heteroatoms. The van der Waals surface area contributed by atoms with Crippen molar-refractivity contribution in [1.82, 2.24) is 0 Å². The Labute approximate surface area is 122 Å². The highest BCUT2D eigenvalue weighted by atomic mass is 32.2. The van der Waals surface area contributed by atoms with Gasteiger partial charge in [-0.3, -0.25) is 4.18 Å². The average molecular weight is 376 g/mol. The molecule has 1 aromatic carbocycles. The molecular formula is C10H5F9O3S. The SMILES string of the molecule is O=S(=O)(OCc1cc(C(F)(F)F)cc(C(F)(F)F)c1)C(F)(F)F. The summed E-state index contributed by atoms with van der Waals surface area (Å²) in [5.74, 6) is 0. The maximum absolute atomic E-state index is 12.5. The minimum Gasteiger partial charge on any atom is -0.258 e. The fourth-order valence-corrected chi connectivity index (χ4v) is 1.74. The average Bonchev–Trinajstić information content (AvgIpc) is 2.32. The lowest BCUT2D eigenvalue weighted by Gasteiger charge is -2.14. The Morgan fingerprint density at radius 2 is 1.17 bits per heavy atom. The molecular weight excluding hydrogens is 371 g/mol. The molecule has 0 aliphatic carbocycles. The minimum atomic E-state index is -6.16. The molecule has 0 N–H and O–H groups in total. The summed E-state index contributed by atoms with van der Waals surface area (Å²) in [6.45, 7) is -1.64. The summed E-state index contributed by atoms with van der Waals surface area (Å²) in [7, 11) is -6.16. The van der Waals surface area contributed by atoms with Crippen molar-refractivity contribution >= 4 is 10.1 Å². The van der Waals surface area contributed by atoms with Crippen LogP contribution < -0.4 is 0 Å². The van der Waals surface area contributed by atoms with Crippen LogP contribution in [0.1, 0.15) is 16.7 Å². The van der Waals surface area contributed by atoms with E-state index in [0.29, 0.717) is 0 Å². The second-order valence-corrected chi connectivity index (χ2v) is 5.68. The van der Waals surface area contributed by atoms with Gasteiger partial charge in [-0.15, -0.1) is 0 Å². The Hall–Kier alpha value is -1.50. The molecule has 0 aliphatic rings. The molecule has 0 saturated heterocycles. The molecule has 0 aliphatic heterocycles. The van der Waals surface area contributed by atoms with E-state index >= 15 is 0 Å². The van der Waals surface area contributed by atoms with Crippen LogP contribution in [0.25, 0.3) is 0 Å². The number of rotatable bonds is 3. The van der Waals surface area contributed by atoms with Crippen molar-refractivity contribution in [1.29, 1.82) is 0 Å². The molecule has 3 nitrogen and oxygen atoms in total. The maximum Gasteiger partial charge on any atom is 0.523 e. The zero-order valence-electron chi connectivity index (χ0n) is 10.5. The molecule has 0 heterocycles. The summed E-state index contributed by atoms with van der Waals surface area (Å²) < 4.78 is 136. The molecule has 132 valence electrons. The summed E-state index contributed by atoms with van der Waals surface area (Å²) in [6, 6.07) is -0.149. The monoisotopic (exact) mass is 376 g/mol. The second kappa shape index (κ2) is 5.85. The lowest BCUT2D eigenvalue weighted by molar-refractivity contribution is -0.143. The van der Waals surface area contributed by atoms with E-state index in [9.17, 15) is 47.9 Å². The van der Waals surface area contributed by atoms with Gasteiger partial charge in [0.2, 0.25) is 0 Å². The van der Waals surface area contributed by atoms with E-state index < -0.39 is 51.3 Å². The van der Waals surface area contributed by atoms with Crippen molar-refractivity contribution < 1.29 is 52.1 Å². The molecule has 0 unspecified atom stereocenters. The predicted molar refractivity (Wildman–Crippen MR) is 56.2 cm³/mol. The first kappa shape index (κ1) is 19.5. The summed E-state index contributed by atoms with van der Waals surface area (Å²) in [6.07, 6.45) is -10.4. The summed E-state index contributed by atoms with van der Waals surface area (Å²) in [4.78, 5) is 0. The Kier molecular flexibility index (Phi) is 4.97. The van der Waals surface area contributed by atoms with Gasteiger partial charge in [-0.2, -0.15) is 47.9 Å². The zero-order valence-corrected chi connectivity index (χ0v) is 11.3. The number of hydrogen-bond donors (Lipinski definition) is 0. The van der Waals surface area contributed by atoms with Gasteiger partial charge in [-0.25, -0.2) is 0 Å². The van der Waals surface area contributed by atoms with Gasteiger partial charge in [0.15, 0.2) is 0 Å². The largest absolute Gasteiger partial charge is 0.523 e. The summed E-state index contributed by atoms with van der Waals surface area (Å²) >= 11 is 0. The first-order valence-corrected chi connectivity index (χ1v) is 6.69. The van der Waals surface area contributed by atoms with Gasteiger partial charge >= 0.3 is 28.0 Å². The van der Waals surface area contributed by atoms with E-state index in [2.05, 4.69) is 4.18 Å². The van der Waals surface area contributed by atoms with E-state index in [0.717, 1.165) is 0 Å². The highest BCUT2D eigenvalue weighted by molar-refractivity contribution is 7.87. The lowest BCUT2D eigenvalue weighted by Crippen LogP contribution is -2.25. The standard InChI is InChI=1S/C10H5F9O3S/c11-8(12,13)6-1-5(2-7(3-6)9(14,15)16)4-22-23(20,21)10(17,18)19/h1-3H,4H2. The third kappa shape index (κ3) is 4.99. The van der Waals surface area contributed by atoms with Crippen LogP contribution in [0, 0.1) is 0 Å². The van der Waals surface area contributed by atoms with Gasteiger partial charge in [0.05, 0.1) is 17.7 Å². The minimum absolute atomic E-state index is 0.0567. The highest BCUT2D eigenvalue weighted by Gasteiger charge is 2.47. The first-order valence-electron chi connectivity index (χ1n) is 5.28. The van der Waals surface area contributed by atoms with E-state index in [1.807, 2.05) is 0 Å². The van der Waals surface area contributed by atoms with Gasteiger partial charge in [-0.05, 0) is 23.8 Å². The third-order valence-electron chi connectivity index (χ3n) is 2.31.